The molecule has 21 heavy (non-hydrogen) atoms. The van der Waals surface area contributed by atoms with Gasteiger partial charge in [-0.2, -0.15) is 9.78 Å². The van der Waals surface area contributed by atoms with Crippen molar-refractivity contribution in [1.29, 1.82) is 0 Å². The Morgan fingerprint density at radius 2 is 2.05 bits per heavy atom. The lowest BCUT2D eigenvalue weighted by Crippen LogP contribution is -2.08. The second kappa shape index (κ2) is 5.68. The lowest BCUT2D eigenvalue weighted by molar-refractivity contribution is 0.602. The van der Waals surface area contributed by atoms with Gasteiger partial charge in [-0.15, -0.1) is 10.2 Å². The molecule has 0 atom stereocenters. The fourth-order valence-corrected chi connectivity index (χ4v) is 2.75. The van der Waals surface area contributed by atoms with E-state index in [1.54, 1.807) is 19.1 Å². The summed E-state index contributed by atoms with van der Waals surface area (Å²) in [4.78, 5) is -0.0154. The maximum absolute atomic E-state index is 11.9. The molecule has 2 heterocycles. The van der Waals surface area contributed by atoms with Crippen molar-refractivity contribution in [3.63, 3.8) is 0 Å². The minimum absolute atomic E-state index is 0.0154. The van der Waals surface area contributed by atoms with Crippen LogP contribution in [0, 0.1) is 6.92 Å². The lowest BCUT2D eigenvalue weighted by atomic mass is 10.4. The molecule has 0 spiro atoms. The Morgan fingerprint density at radius 1 is 1.33 bits per heavy atom. The zero-order valence-electron chi connectivity index (χ0n) is 12.2. The molecule has 0 aliphatic rings. The Morgan fingerprint density at radius 3 is 2.57 bits per heavy atom. The smallest absolute Gasteiger partial charge is 0.182 e. The fraction of sp³-hybridized carbons (Fsp3) is 0.417. The van der Waals surface area contributed by atoms with Gasteiger partial charge in [-0.1, -0.05) is 6.92 Å². The average molecular weight is 310 g/mol. The molecule has 0 aliphatic carbocycles. The minimum atomic E-state index is -3.51. The second-order valence-corrected chi connectivity index (χ2v) is 6.66. The van der Waals surface area contributed by atoms with E-state index in [0.717, 1.165) is 18.4 Å². The van der Waals surface area contributed by atoms with Crippen LogP contribution in [0.1, 0.15) is 19.0 Å². The van der Waals surface area contributed by atoms with Gasteiger partial charge in [0, 0.05) is 12.8 Å². The van der Waals surface area contributed by atoms with Crippen LogP contribution >= 0.6 is 0 Å². The van der Waals surface area contributed by atoms with Crippen LogP contribution in [0.4, 0.5) is 11.6 Å². The number of nitrogens with zero attached hydrogens (tertiary/aromatic N) is 4. The molecule has 2 aromatic heterocycles. The summed E-state index contributed by atoms with van der Waals surface area (Å²) >= 11 is 0. The SMILES string of the molecule is CCCNc1nn(-c2ccc(C)nn2)c(N)c1S(C)(=O)=O. The highest BCUT2D eigenvalue weighted by molar-refractivity contribution is 7.91. The highest BCUT2D eigenvalue weighted by atomic mass is 32.2. The molecule has 0 aliphatic heterocycles. The summed E-state index contributed by atoms with van der Waals surface area (Å²) in [7, 11) is -3.51. The number of aromatic nitrogens is 4. The first-order valence-electron chi connectivity index (χ1n) is 6.47. The second-order valence-electron chi connectivity index (χ2n) is 4.71. The molecule has 0 radical (unpaired) electrons. The van der Waals surface area contributed by atoms with Gasteiger partial charge in [0.05, 0.1) is 5.69 Å². The van der Waals surface area contributed by atoms with Crippen LogP contribution in [-0.4, -0.2) is 41.2 Å². The van der Waals surface area contributed by atoms with Crippen molar-refractivity contribution in [2.24, 2.45) is 0 Å². The van der Waals surface area contributed by atoms with Crippen LogP contribution in [0.2, 0.25) is 0 Å². The number of nitrogens with two attached hydrogens (primary N) is 1. The standard InChI is InChI=1S/C12H18N6O2S/c1-4-7-14-12-10(21(3,19)20)11(13)18(17-12)9-6-5-8(2)15-16-9/h5-6H,4,7,13H2,1-3H3,(H,14,17). The average Bonchev–Trinajstić information content (AvgIpc) is 2.74. The van der Waals surface area contributed by atoms with Gasteiger partial charge >= 0.3 is 0 Å². The Bertz CT molecular complexity index is 736. The molecule has 0 unspecified atom stereocenters. The van der Waals surface area contributed by atoms with Gasteiger partial charge in [-0.3, -0.25) is 0 Å². The summed E-state index contributed by atoms with van der Waals surface area (Å²) < 4.78 is 25.1. The molecular weight excluding hydrogens is 292 g/mol. The van der Waals surface area contributed by atoms with Gasteiger partial charge in [0.15, 0.2) is 26.4 Å². The van der Waals surface area contributed by atoms with E-state index in [9.17, 15) is 8.42 Å². The van der Waals surface area contributed by atoms with E-state index in [2.05, 4.69) is 20.6 Å². The number of anilines is 2. The lowest BCUT2D eigenvalue weighted by Gasteiger charge is -2.03. The van der Waals surface area contributed by atoms with Crippen molar-refractivity contribution < 1.29 is 8.42 Å². The minimum Gasteiger partial charge on any atom is -0.382 e. The van der Waals surface area contributed by atoms with Gasteiger partial charge in [0.25, 0.3) is 0 Å². The third-order valence-electron chi connectivity index (χ3n) is 2.79. The van der Waals surface area contributed by atoms with E-state index in [0.29, 0.717) is 12.4 Å². The predicted octanol–water partition coefficient (Wildman–Crippen LogP) is 0.778. The van der Waals surface area contributed by atoms with Crippen LogP contribution in [0.25, 0.3) is 5.82 Å². The number of nitrogen functional groups attached to an aromatic ring is 1. The predicted molar refractivity (Wildman–Crippen MR) is 80.2 cm³/mol. The number of aryl methyl sites for hydroxylation is 1. The van der Waals surface area contributed by atoms with Gasteiger partial charge in [-0.25, -0.2) is 8.42 Å². The highest BCUT2D eigenvalue weighted by Crippen LogP contribution is 2.28. The molecule has 2 aromatic rings. The molecule has 3 N–H and O–H groups in total. The molecule has 2 rings (SSSR count). The summed E-state index contributed by atoms with van der Waals surface area (Å²) in [5.41, 5.74) is 6.69. The van der Waals surface area contributed by atoms with Crippen LogP contribution in [0.3, 0.4) is 0 Å². The summed E-state index contributed by atoms with van der Waals surface area (Å²) in [5, 5.41) is 15.1. The summed E-state index contributed by atoms with van der Waals surface area (Å²) in [6.45, 7) is 4.37. The Labute approximate surface area is 123 Å². The van der Waals surface area contributed by atoms with Crippen molar-refractivity contribution in [2.45, 2.75) is 25.2 Å². The first-order valence-corrected chi connectivity index (χ1v) is 8.37. The fourth-order valence-electron chi connectivity index (χ4n) is 1.82. The topological polar surface area (TPSA) is 116 Å². The van der Waals surface area contributed by atoms with Crippen LogP contribution in [0.5, 0.6) is 0 Å². The first kappa shape index (κ1) is 15.2. The normalized spacial score (nSPS) is 11.6. The summed E-state index contributed by atoms with van der Waals surface area (Å²) in [6, 6.07) is 3.43. The van der Waals surface area contributed by atoms with Crippen molar-refractivity contribution in [3.8, 4) is 5.82 Å². The Balaban J connectivity index is 2.58. The molecule has 0 amide bonds. The molecule has 0 aromatic carbocycles. The van der Waals surface area contributed by atoms with Crippen molar-refractivity contribution in [1.82, 2.24) is 20.0 Å². The molecule has 8 nitrogen and oxygen atoms in total. The maximum Gasteiger partial charge on any atom is 0.182 e. The quantitative estimate of drug-likeness (QED) is 0.838. The largest absolute Gasteiger partial charge is 0.382 e. The third-order valence-corrected chi connectivity index (χ3v) is 3.93. The van der Waals surface area contributed by atoms with Gasteiger partial charge in [-0.05, 0) is 25.5 Å². The highest BCUT2D eigenvalue weighted by Gasteiger charge is 2.25. The van der Waals surface area contributed by atoms with Gasteiger partial charge in [0.1, 0.15) is 5.82 Å². The number of nitrogens with one attached hydrogen (secondary N) is 1. The molecule has 0 fully saturated rings. The van der Waals surface area contributed by atoms with E-state index >= 15 is 0 Å². The Kier molecular flexibility index (Phi) is 4.12. The van der Waals surface area contributed by atoms with Crippen molar-refractivity contribution in [2.75, 3.05) is 23.9 Å². The molecule has 0 bridgehead atoms. The van der Waals surface area contributed by atoms with E-state index < -0.39 is 9.84 Å². The van der Waals surface area contributed by atoms with Crippen molar-refractivity contribution >= 4 is 21.5 Å². The van der Waals surface area contributed by atoms with Gasteiger partial charge in [0.2, 0.25) is 0 Å². The zero-order valence-corrected chi connectivity index (χ0v) is 13.0. The van der Waals surface area contributed by atoms with E-state index in [-0.39, 0.29) is 16.5 Å². The number of hydrogen-bond acceptors (Lipinski definition) is 7. The zero-order chi connectivity index (χ0) is 15.6. The van der Waals surface area contributed by atoms with Gasteiger partial charge < -0.3 is 11.1 Å². The Hall–Kier alpha value is -2.16. The van der Waals surface area contributed by atoms with Crippen LogP contribution in [0.15, 0.2) is 17.0 Å². The molecule has 9 heteroatoms. The molecule has 0 saturated carbocycles. The van der Waals surface area contributed by atoms with E-state index in [4.69, 9.17) is 5.73 Å². The molecular formula is C12H18N6O2S. The first-order chi connectivity index (χ1) is 9.84. The van der Waals surface area contributed by atoms with Crippen LogP contribution < -0.4 is 11.1 Å². The number of hydrogen-bond donors (Lipinski definition) is 2. The summed E-state index contributed by atoms with van der Waals surface area (Å²) in [5.74, 6) is 0.626. The van der Waals surface area contributed by atoms with Crippen molar-refractivity contribution in [3.05, 3.63) is 17.8 Å². The number of rotatable bonds is 5. The van der Waals surface area contributed by atoms with E-state index in [1.807, 2.05) is 6.92 Å². The van der Waals surface area contributed by atoms with E-state index in [1.165, 1.54) is 4.68 Å². The summed E-state index contributed by atoms with van der Waals surface area (Å²) in [6.07, 6.45) is 1.93. The number of sulfone groups is 1. The monoisotopic (exact) mass is 310 g/mol. The van der Waals surface area contributed by atoms with Crippen LogP contribution in [-0.2, 0) is 9.84 Å². The molecule has 0 saturated heterocycles. The maximum atomic E-state index is 11.9. The third kappa shape index (κ3) is 3.13. The molecule has 114 valence electrons.